The molecule has 4 aromatic carbocycles. The van der Waals surface area contributed by atoms with Crippen molar-refractivity contribution >= 4 is 23.4 Å². The van der Waals surface area contributed by atoms with E-state index in [9.17, 15) is 27.9 Å². The summed E-state index contributed by atoms with van der Waals surface area (Å²) in [5.41, 5.74) is 3.19. The van der Waals surface area contributed by atoms with Crippen LogP contribution < -0.4 is 10.6 Å². The molecule has 0 aliphatic carbocycles. The molecule has 1 aliphatic heterocycles. The first-order valence-corrected chi connectivity index (χ1v) is 15.9. The molecule has 5 rings (SSSR count). The lowest BCUT2D eigenvalue weighted by molar-refractivity contribution is -0.137. The van der Waals surface area contributed by atoms with E-state index in [0.717, 1.165) is 41.7 Å². The van der Waals surface area contributed by atoms with Crippen molar-refractivity contribution in [1.82, 2.24) is 15.5 Å². The van der Waals surface area contributed by atoms with Crippen LogP contribution in [0, 0.1) is 6.92 Å². The first-order valence-electron chi connectivity index (χ1n) is 15.6. The molecule has 1 heterocycles. The zero-order valence-electron chi connectivity index (χ0n) is 25.9. The number of likely N-dealkylation sites (tertiary alicyclic amines) is 1. The Morgan fingerprint density at radius 3 is 2.40 bits per heavy atom. The minimum absolute atomic E-state index is 0.0209. The molecule has 0 bridgehead atoms. The number of nitrogens with one attached hydrogen (secondary N) is 2. The summed E-state index contributed by atoms with van der Waals surface area (Å²) in [4.78, 5) is 29.1. The Bertz CT molecular complexity index is 1700. The number of hydrogen-bond acceptors (Lipinski definition) is 4. The smallest absolute Gasteiger partial charge is 0.390 e. The highest BCUT2D eigenvalue weighted by atomic mass is 35.5. The highest BCUT2D eigenvalue weighted by Crippen LogP contribution is 2.35. The lowest BCUT2D eigenvalue weighted by atomic mass is 9.99. The van der Waals surface area contributed by atoms with Crippen molar-refractivity contribution in [3.05, 3.63) is 141 Å². The van der Waals surface area contributed by atoms with Gasteiger partial charge >= 0.3 is 6.18 Å². The van der Waals surface area contributed by atoms with Gasteiger partial charge in [0.1, 0.15) is 0 Å². The molecular weight excluding hydrogens is 627 g/mol. The van der Waals surface area contributed by atoms with Crippen LogP contribution in [-0.2, 0) is 19.1 Å². The summed E-state index contributed by atoms with van der Waals surface area (Å²) in [6.07, 6.45) is -3.52. The van der Waals surface area contributed by atoms with Crippen LogP contribution in [-0.4, -0.2) is 47.1 Å². The molecular formula is C37H37ClF3N3O3. The molecule has 1 fully saturated rings. The van der Waals surface area contributed by atoms with Crippen molar-refractivity contribution in [2.45, 2.75) is 57.1 Å². The number of nitrogens with zero attached hydrogens (tertiary/aromatic N) is 1. The maximum Gasteiger partial charge on any atom is 0.416 e. The molecule has 4 aromatic rings. The monoisotopic (exact) mass is 663 g/mol. The molecule has 246 valence electrons. The molecule has 1 aliphatic rings. The van der Waals surface area contributed by atoms with E-state index >= 15 is 0 Å². The van der Waals surface area contributed by atoms with Gasteiger partial charge in [-0.15, -0.1) is 0 Å². The van der Waals surface area contributed by atoms with Gasteiger partial charge in [-0.3, -0.25) is 9.59 Å². The van der Waals surface area contributed by atoms with E-state index in [2.05, 4.69) is 10.6 Å². The van der Waals surface area contributed by atoms with Gasteiger partial charge in [-0.2, -0.15) is 13.2 Å². The van der Waals surface area contributed by atoms with Crippen molar-refractivity contribution in [2.24, 2.45) is 0 Å². The largest absolute Gasteiger partial charge is 0.416 e. The van der Waals surface area contributed by atoms with Crippen LogP contribution in [0.4, 0.5) is 13.2 Å². The third kappa shape index (κ3) is 8.80. The number of amides is 2. The molecule has 0 radical (unpaired) electrons. The third-order valence-electron chi connectivity index (χ3n) is 8.47. The Labute approximate surface area is 277 Å². The quantitative estimate of drug-likeness (QED) is 0.159. The standard InChI is InChI=1S/C37H37ClF3N3O3/c1-24-18-27(15-16-31(24)38)33-14-7-17-44(33)36(47)29-12-6-11-28(21-29)35(46)43-32(20-25-8-3-2-4-9-25)34(45)23-42-22-26-10-5-13-30(19-26)37(39,40)41/h2-6,8-13,15-16,18-19,21,32-34,42,45H,7,14,17,20,22-23H2,1H3,(H,43,46)/t32-,33?,34+/m0/s1. The number of aliphatic hydroxyl groups excluding tert-OH is 1. The highest BCUT2D eigenvalue weighted by Gasteiger charge is 2.32. The number of carbonyl (C=O) groups is 2. The van der Waals surface area contributed by atoms with Gasteiger partial charge in [0.25, 0.3) is 11.8 Å². The highest BCUT2D eigenvalue weighted by molar-refractivity contribution is 6.31. The van der Waals surface area contributed by atoms with E-state index in [1.165, 1.54) is 6.07 Å². The van der Waals surface area contributed by atoms with E-state index in [4.69, 9.17) is 11.6 Å². The Morgan fingerprint density at radius 1 is 0.936 bits per heavy atom. The van der Waals surface area contributed by atoms with Crippen molar-refractivity contribution in [2.75, 3.05) is 13.1 Å². The van der Waals surface area contributed by atoms with Crippen LogP contribution in [0.25, 0.3) is 0 Å². The zero-order chi connectivity index (χ0) is 33.6. The Morgan fingerprint density at radius 2 is 1.66 bits per heavy atom. The van der Waals surface area contributed by atoms with Crippen molar-refractivity contribution in [3.63, 3.8) is 0 Å². The van der Waals surface area contributed by atoms with E-state index in [1.807, 2.05) is 60.4 Å². The van der Waals surface area contributed by atoms with Gasteiger partial charge in [-0.05, 0) is 78.8 Å². The van der Waals surface area contributed by atoms with Crippen LogP contribution in [0.1, 0.15) is 67.4 Å². The van der Waals surface area contributed by atoms with Gasteiger partial charge in [0.2, 0.25) is 0 Å². The second-order valence-electron chi connectivity index (χ2n) is 11.9. The topological polar surface area (TPSA) is 81.7 Å². The number of aryl methyl sites for hydroxylation is 1. The summed E-state index contributed by atoms with van der Waals surface area (Å²) >= 11 is 6.23. The SMILES string of the molecule is Cc1cc(C2CCCN2C(=O)c2cccc(C(=O)N[C@@H](Cc3ccccc3)[C@H](O)CNCc3cccc(C(F)(F)F)c3)c2)ccc1Cl. The Kier molecular flexibility index (Phi) is 11.0. The van der Waals surface area contributed by atoms with Gasteiger partial charge in [-0.1, -0.05) is 78.3 Å². The van der Waals surface area contributed by atoms with E-state index < -0.39 is 29.8 Å². The van der Waals surface area contributed by atoms with Gasteiger partial charge < -0.3 is 20.6 Å². The molecule has 3 atom stereocenters. The fourth-order valence-corrected chi connectivity index (χ4v) is 6.08. The molecule has 6 nitrogen and oxygen atoms in total. The minimum atomic E-state index is -4.45. The molecule has 1 saturated heterocycles. The average Bonchev–Trinajstić information content (AvgIpc) is 3.56. The van der Waals surface area contributed by atoms with Crippen molar-refractivity contribution in [1.29, 1.82) is 0 Å². The first kappa shape index (κ1) is 34.2. The first-order chi connectivity index (χ1) is 22.5. The van der Waals surface area contributed by atoms with Crippen molar-refractivity contribution < 1.29 is 27.9 Å². The number of hydrogen-bond donors (Lipinski definition) is 3. The van der Waals surface area contributed by atoms with E-state index in [-0.39, 0.29) is 30.6 Å². The number of benzene rings is 4. The molecule has 47 heavy (non-hydrogen) atoms. The average molecular weight is 664 g/mol. The van der Waals surface area contributed by atoms with E-state index in [0.29, 0.717) is 29.1 Å². The molecule has 0 spiro atoms. The lowest BCUT2D eigenvalue weighted by Gasteiger charge is -2.26. The number of rotatable bonds is 11. The van der Waals surface area contributed by atoms with Gasteiger partial charge in [0.05, 0.1) is 23.8 Å². The number of carbonyl (C=O) groups excluding carboxylic acids is 2. The summed E-state index contributed by atoms with van der Waals surface area (Å²) in [6, 6.07) is 25.9. The summed E-state index contributed by atoms with van der Waals surface area (Å²) < 4.78 is 39.4. The summed E-state index contributed by atoms with van der Waals surface area (Å²) in [5.74, 6) is -0.627. The second kappa shape index (κ2) is 15.2. The molecule has 0 aromatic heterocycles. The molecule has 2 amide bonds. The fraction of sp³-hybridized carbons (Fsp3) is 0.297. The number of alkyl halides is 3. The molecule has 0 saturated carbocycles. The van der Waals surface area contributed by atoms with Gasteiger partial charge in [-0.25, -0.2) is 0 Å². The summed E-state index contributed by atoms with van der Waals surface area (Å²) in [5, 5.41) is 17.8. The van der Waals surface area contributed by atoms with E-state index in [1.54, 1.807) is 30.3 Å². The van der Waals surface area contributed by atoms with Crippen LogP contribution in [0.5, 0.6) is 0 Å². The van der Waals surface area contributed by atoms with Crippen LogP contribution in [0.2, 0.25) is 5.02 Å². The number of aliphatic hydroxyl groups is 1. The Hall–Kier alpha value is -4.18. The van der Waals surface area contributed by atoms with Gasteiger partial charge in [0, 0.05) is 35.8 Å². The molecule has 10 heteroatoms. The van der Waals surface area contributed by atoms with Crippen LogP contribution in [0.3, 0.4) is 0 Å². The fourth-order valence-electron chi connectivity index (χ4n) is 5.96. The number of halogens is 4. The maximum atomic E-state index is 13.7. The molecule has 3 N–H and O–H groups in total. The minimum Gasteiger partial charge on any atom is -0.390 e. The summed E-state index contributed by atoms with van der Waals surface area (Å²) in [7, 11) is 0. The van der Waals surface area contributed by atoms with Gasteiger partial charge in [0.15, 0.2) is 0 Å². The third-order valence-corrected chi connectivity index (χ3v) is 8.89. The normalized spacial score (nSPS) is 16.1. The Balaban J connectivity index is 1.27. The molecule has 1 unspecified atom stereocenters. The lowest BCUT2D eigenvalue weighted by Crippen LogP contribution is -2.48. The van der Waals surface area contributed by atoms with Crippen LogP contribution in [0.15, 0.2) is 97.1 Å². The van der Waals surface area contributed by atoms with Crippen molar-refractivity contribution in [3.8, 4) is 0 Å². The predicted molar refractivity (Wildman–Crippen MR) is 176 cm³/mol. The summed E-state index contributed by atoms with van der Waals surface area (Å²) in [6.45, 7) is 2.65. The zero-order valence-corrected chi connectivity index (χ0v) is 26.7. The predicted octanol–water partition coefficient (Wildman–Crippen LogP) is 7.14. The second-order valence-corrected chi connectivity index (χ2v) is 12.3. The maximum absolute atomic E-state index is 13.7. The van der Waals surface area contributed by atoms with Crippen LogP contribution >= 0.6 is 11.6 Å².